The Morgan fingerprint density at radius 2 is 1.86 bits per heavy atom. The van der Waals surface area contributed by atoms with Gasteiger partial charge in [0.15, 0.2) is 6.61 Å². The van der Waals surface area contributed by atoms with Gasteiger partial charge in [0, 0.05) is 19.0 Å². The van der Waals surface area contributed by atoms with E-state index in [2.05, 4.69) is 5.32 Å². The topological polar surface area (TPSA) is 75.7 Å². The van der Waals surface area contributed by atoms with E-state index >= 15 is 0 Å². The predicted octanol–water partition coefficient (Wildman–Crippen LogP) is 3.11. The fourth-order valence-corrected chi connectivity index (χ4v) is 3.17. The first kappa shape index (κ1) is 21.4. The Bertz CT molecular complexity index is 886. The monoisotopic (exact) mass is 404 g/mol. The lowest BCUT2D eigenvalue weighted by atomic mass is 10.2. The second kappa shape index (κ2) is 9.89. The number of rotatable bonds is 7. The van der Waals surface area contributed by atoms with Crippen LogP contribution in [0.5, 0.6) is 0 Å². The fraction of sp³-hybridized carbons (Fsp3) is 0.250. The van der Waals surface area contributed by atoms with Crippen LogP contribution in [-0.4, -0.2) is 49.1 Å². The zero-order valence-electron chi connectivity index (χ0n) is 15.8. The highest BCUT2D eigenvalue weighted by Gasteiger charge is 2.16. The summed E-state index contributed by atoms with van der Waals surface area (Å²) in [5.74, 6) is -1.83. The Morgan fingerprint density at radius 1 is 1.14 bits per heavy atom. The van der Waals surface area contributed by atoms with Crippen LogP contribution in [0, 0.1) is 12.7 Å². The summed E-state index contributed by atoms with van der Waals surface area (Å²) in [6, 6.07) is 11.1. The molecule has 0 aliphatic rings. The molecule has 0 aliphatic carbocycles. The minimum Gasteiger partial charge on any atom is -0.452 e. The minimum atomic E-state index is -0.695. The number of amides is 2. The largest absolute Gasteiger partial charge is 0.452 e. The number of ether oxygens (including phenoxy) is 1. The number of carbonyl (C=O) groups is 3. The summed E-state index contributed by atoms with van der Waals surface area (Å²) in [7, 11) is 3.30. The van der Waals surface area contributed by atoms with Crippen molar-refractivity contribution in [3.8, 4) is 0 Å². The van der Waals surface area contributed by atoms with Crippen molar-refractivity contribution in [2.75, 3.05) is 31.8 Å². The Kier molecular flexibility index (Phi) is 7.57. The molecule has 2 rings (SSSR count). The lowest BCUT2D eigenvalue weighted by Crippen LogP contribution is -2.23. The van der Waals surface area contributed by atoms with Gasteiger partial charge in [0.2, 0.25) is 5.91 Å². The standard InChI is InChI=1S/C20H21FN2O4S/c1-13-8-9-16(15(21)10-13)22-18(24)11-27-20(26)14-6-4-5-7-17(14)28-12-19(25)23(2)3/h4-10H,11-12H2,1-3H3,(H,22,24). The van der Waals surface area contributed by atoms with Gasteiger partial charge in [-0.2, -0.15) is 0 Å². The van der Waals surface area contributed by atoms with Gasteiger partial charge in [-0.15, -0.1) is 11.8 Å². The molecule has 0 atom stereocenters. The van der Waals surface area contributed by atoms with Crippen molar-refractivity contribution in [2.24, 2.45) is 0 Å². The lowest BCUT2D eigenvalue weighted by molar-refractivity contribution is -0.125. The zero-order valence-corrected chi connectivity index (χ0v) is 16.6. The molecule has 0 bridgehead atoms. The summed E-state index contributed by atoms with van der Waals surface area (Å²) in [4.78, 5) is 38.1. The van der Waals surface area contributed by atoms with Gasteiger partial charge in [0.25, 0.3) is 5.91 Å². The van der Waals surface area contributed by atoms with Crippen molar-refractivity contribution in [2.45, 2.75) is 11.8 Å². The van der Waals surface area contributed by atoms with Crippen molar-refractivity contribution < 1.29 is 23.5 Å². The van der Waals surface area contributed by atoms with Gasteiger partial charge in [-0.3, -0.25) is 9.59 Å². The first-order chi connectivity index (χ1) is 13.3. The maximum absolute atomic E-state index is 13.8. The van der Waals surface area contributed by atoms with Gasteiger partial charge in [-0.25, -0.2) is 9.18 Å². The second-order valence-corrected chi connectivity index (χ2v) is 7.20. The Hall–Kier alpha value is -2.87. The van der Waals surface area contributed by atoms with Gasteiger partial charge in [-0.05, 0) is 36.8 Å². The summed E-state index contributed by atoms with van der Waals surface area (Å²) in [6.45, 7) is 1.18. The highest BCUT2D eigenvalue weighted by atomic mass is 32.2. The SMILES string of the molecule is Cc1ccc(NC(=O)COC(=O)c2ccccc2SCC(=O)N(C)C)c(F)c1. The number of halogens is 1. The van der Waals surface area contributed by atoms with Crippen LogP contribution in [0.2, 0.25) is 0 Å². The number of nitrogens with zero attached hydrogens (tertiary/aromatic N) is 1. The quantitative estimate of drug-likeness (QED) is 0.567. The fourth-order valence-electron chi connectivity index (χ4n) is 2.15. The molecule has 0 fully saturated rings. The van der Waals surface area contributed by atoms with E-state index in [1.807, 2.05) is 0 Å². The van der Waals surface area contributed by atoms with E-state index in [0.717, 1.165) is 5.56 Å². The first-order valence-electron chi connectivity index (χ1n) is 8.43. The molecule has 0 spiro atoms. The third-order valence-corrected chi connectivity index (χ3v) is 4.75. The first-order valence-corrected chi connectivity index (χ1v) is 9.41. The summed E-state index contributed by atoms with van der Waals surface area (Å²) in [6.07, 6.45) is 0. The van der Waals surface area contributed by atoms with Crippen molar-refractivity contribution >= 4 is 35.2 Å². The van der Waals surface area contributed by atoms with Crippen LogP contribution >= 0.6 is 11.8 Å². The molecule has 6 nitrogen and oxygen atoms in total. The molecule has 148 valence electrons. The number of benzene rings is 2. The Morgan fingerprint density at radius 3 is 2.54 bits per heavy atom. The van der Waals surface area contributed by atoms with E-state index in [-0.39, 0.29) is 22.9 Å². The molecule has 0 aliphatic heterocycles. The van der Waals surface area contributed by atoms with Crippen molar-refractivity contribution in [1.82, 2.24) is 4.90 Å². The number of esters is 1. The van der Waals surface area contributed by atoms with Crippen LogP contribution in [0.25, 0.3) is 0 Å². The number of hydrogen-bond donors (Lipinski definition) is 1. The number of carbonyl (C=O) groups excluding carboxylic acids is 3. The maximum atomic E-state index is 13.8. The number of anilines is 1. The molecule has 28 heavy (non-hydrogen) atoms. The number of thioether (sulfide) groups is 1. The summed E-state index contributed by atoms with van der Waals surface area (Å²) in [5.41, 5.74) is 1.00. The molecular formula is C20H21FN2O4S. The summed E-state index contributed by atoms with van der Waals surface area (Å²) in [5, 5.41) is 2.36. The van der Waals surface area contributed by atoms with E-state index in [9.17, 15) is 18.8 Å². The van der Waals surface area contributed by atoms with E-state index in [0.29, 0.717) is 4.90 Å². The van der Waals surface area contributed by atoms with Gasteiger partial charge in [0.05, 0.1) is 17.0 Å². The highest BCUT2D eigenvalue weighted by Crippen LogP contribution is 2.23. The van der Waals surface area contributed by atoms with Crippen LogP contribution in [0.1, 0.15) is 15.9 Å². The smallest absolute Gasteiger partial charge is 0.339 e. The van der Waals surface area contributed by atoms with Crippen molar-refractivity contribution in [3.63, 3.8) is 0 Å². The number of aryl methyl sites for hydroxylation is 1. The summed E-state index contributed by atoms with van der Waals surface area (Å²) >= 11 is 1.21. The van der Waals surface area contributed by atoms with Gasteiger partial charge in [0.1, 0.15) is 5.82 Å². The minimum absolute atomic E-state index is 0.0183. The van der Waals surface area contributed by atoms with Crippen LogP contribution in [0.3, 0.4) is 0 Å². The molecule has 0 aromatic heterocycles. The average Bonchev–Trinajstić information content (AvgIpc) is 2.66. The zero-order chi connectivity index (χ0) is 20.7. The van der Waals surface area contributed by atoms with Crippen LogP contribution in [0.15, 0.2) is 47.4 Å². The molecule has 2 aromatic carbocycles. The number of hydrogen-bond acceptors (Lipinski definition) is 5. The normalized spacial score (nSPS) is 10.3. The second-order valence-electron chi connectivity index (χ2n) is 6.18. The van der Waals surface area contributed by atoms with Crippen LogP contribution in [0.4, 0.5) is 10.1 Å². The van der Waals surface area contributed by atoms with E-state index < -0.39 is 24.3 Å². The molecule has 0 radical (unpaired) electrons. The van der Waals surface area contributed by atoms with E-state index in [4.69, 9.17) is 4.74 Å². The Balaban J connectivity index is 1.95. The van der Waals surface area contributed by atoms with Gasteiger partial charge < -0.3 is 15.0 Å². The van der Waals surface area contributed by atoms with E-state index in [1.165, 1.54) is 28.8 Å². The van der Waals surface area contributed by atoms with Crippen molar-refractivity contribution in [1.29, 1.82) is 0 Å². The molecule has 2 aromatic rings. The third-order valence-electron chi connectivity index (χ3n) is 3.69. The van der Waals surface area contributed by atoms with Crippen molar-refractivity contribution in [3.05, 3.63) is 59.4 Å². The average molecular weight is 404 g/mol. The lowest BCUT2D eigenvalue weighted by Gasteiger charge is -2.12. The number of nitrogens with one attached hydrogen (secondary N) is 1. The molecule has 0 unspecified atom stereocenters. The van der Waals surface area contributed by atoms with Crippen LogP contribution in [-0.2, 0) is 14.3 Å². The molecule has 2 amide bonds. The molecule has 8 heteroatoms. The summed E-state index contributed by atoms with van der Waals surface area (Å²) < 4.78 is 18.8. The molecule has 0 saturated heterocycles. The molecule has 1 N–H and O–H groups in total. The third kappa shape index (κ3) is 6.09. The molecular weight excluding hydrogens is 383 g/mol. The highest BCUT2D eigenvalue weighted by molar-refractivity contribution is 8.00. The molecule has 0 heterocycles. The predicted molar refractivity (Wildman–Crippen MR) is 106 cm³/mol. The van der Waals surface area contributed by atoms with Gasteiger partial charge >= 0.3 is 5.97 Å². The Labute approximate surface area is 167 Å². The van der Waals surface area contributed by atoms with Crippen LogP contribution < -0.4 is 5.32 Å². The molecule has 0 saturated carbocycles. The maximum Gasteiger partial charge on any atom is 0.339 e. The van der Waals surface area contributed by atoms with E-state index in [1.54, 1.807) is 51.4 Å². The van der Waals surface area contributed by atoms with Gasteiger partial charge in [-0.1, -0.05) is 18.2 Å².